The lowest BCUT2D eigenvalue weighted by Gasteiger charge is -2.11. The Morgan fingerprint density at radius 3 is 2.92 bits per heavy atom. The van der Waals surface area contributed by atoms with Crippen molar-refractivity contribution in [2.45, 2.75) is 0 Å². The number of thioether (sulfide) groups is 1. The number of hydrogen-bond acceptors (Lipinski definition) is 4. The van der Waals surface area contributed by atoms with Gasteiger partial charge in [0, 0.05) is 0 Å². The summed E-state index contributed by atoms with van der Waals surface area (Å²) in [5.74, 6) is 0.0666. The highest BCUT2D eigenvalue weighted by Gasteiger charge is 2.27. The molecular weight excluding hydrogens is 194 g/mol. The summed E-state index contributed by atoms with van der Waals surface area (Å²) in [6.07, 6.45) is 1.19. The third-order valence-corrected chi connectivity index (χ3v) is 2.81. The standard InChI is InChI=1S/C7H7NO2S2/c1-2-5(9)3-8-6(10)4-12-7(8)11/h2H,1,3-4H2. The maximum absolute atomic E-state index is 11.1. The normalized spacial score (nSPS) is 16.8. The quantitative estimate of drug-likeness (QED) is 0.495. The maximum Gasteiger partial charge on any atom is 0.238 e. The summed E-state index contributed by atoms with van der Waals surface area (Å²) >= 11 is 6.15. The molecule has 0 radical (unpaired) electrons. The molecule has 0 unspecified atom stereocenters. The molecule has 3 nitrogen and oxygen atoms in total. The van der Waals surface area contributed by atoms with E-state index in [0.29, 0.717) is 10.1 Å². The molecule has 1 rings (SSSR count). The van der Waals surface area contributed by atoms with E-state index in [1.807, 2.05) is 0 Å². The van der Waals surface area contributed by atoms with E-state index in [1.54, 1.807) is 0 Å². The van der Waals surface area contributed by atoms with Crippen LogP contribution in [0.15, 0.2) is 12.7 Å². The second-order valence-corrected chi connectivity index (χ2v) is 3.81. The molecular formula is C7H7NO2S2. The van der Waals surface area contributed by atoms with Gasteiger partial charge in [-0.25, -0.2) is 0 Å². The third-order valence-electron chi connectivity index (χ3n) is 1.38. The van der Waals surface area contributed by atoms with Crippen molar-refractivity contribution < 1.29 is 9.59 Å². The fourth-order valence-electron chi connectivity index (χ4n) is 0.754. The molecule has 1 aliphatic heterocycles. The number of rotatable bonds is 3. The highest BCUT2D eigenvalue weighted by Crippen LogP contribution is 2.18. The minimum atomic E-state index is -0.187. The lowest BCUT2D eigenvalue weighted by atomic mass is 10.3. The predicted octanol–water partition coefficient (Wildman–Crippen LogP) is 0.602. The number of hydrogen-bond donors (Lipinski definition) is 0. The van der Waals surface area contributed by atoms with Crippen LogP contribution in [0.1, 0.15) is 0 Å². The zero-order valence-corrected chi connectivity index (χ0v) is 7.91. The first-order valence-corrected chi connectivity index (χ1v) is 4.67. The number of ketones is 1. The van der Waals surface area contributed by atoms with Crippen molar-refractivity contribution in [3.63, 3.8) is 0 Å². The van der Waals surface area contributed by atoms with Gasteiger partial charge in [-0.2, -0.15) is 0 Å². The van der Waals surface area contributed by atoms with Crippen LogP contribution >= 0.6 is 24.0 Å². The molecule has 1 aliphatic rings. The zero-order chi connectivity index (χ0) is 9.14. The molecule has 0 N–H and O–H groups in total. The monoisotopic (exact) mass is 201 g/mol. The van der Waals surface area contributed by atoms with Crippen molar-refractivity contribution in [1.82, 2.24) is 4.90 Å². The maximum atomic E-state index is 11.1. The van der Waals surface area contributed by atoms with Gasteiger partial charge in [-0.3, -0.25) is 14.5 Å². The molecule has 0 aromatic heterocycles. The van der Waals surface area contributed by atoms with Gasteiger partial charge >= 0.3 is 0 Å². The Balaban J connectivity index is 2.61. The molecule has 1 fully saturated rings. The first kappa shape index (κ1) is 9.41. The van der Waals surface area contributed by atoms with E-state index < -0.39 is 0 Å². The van der Waals surface area contributed by atoms with Crippen molar-refractivity contribution in [2.75, 3.05) is 12.3 Å². The van der Waals surface area contributed by atoms with Gasteiger partial charge in [0.1, 0.15) is 4.32 Å². The topological polar surface area (TPSA) is 37.4 Å². The average molecular weight is 201 g/mol. The molecule has 1 heterocycles. The van der Waals surface area contributed by atoms with E-state index in [9.17, 15) is 9.59 Å². The van der Waals surface area contributed by atoms with Gasteiger partial charge in [0.05, 0.1) is 12.3 Å². The second-order valence-electron chi connectivity index (χ2n) is 2.20. The summed E-state index contributed by atoms with van der Waals surface area (Å²) in [6, 6.07) is 0. The van der Waals surface area contributed by atoms with Crippen LogP contribution in [0.25, 0.3) is 0 Å². The van der Waals surface area contributed by atoms with Crippen LogP contribution in [0.5, 0.6) is 0 Å². The van der Waals surface area contributed by atoms with Crippen LogP contribution in [0.3, 0.4) is 0 Å². The Labute approximate surface area is 79.8 Å². The van der Waals surface area contributed by atoms with Gasteiger partial charge in [0.25, 0.3) is 0 Å². The number of nitrogens with zero attached hydrogens (tertiary/aromatic N) is 1. The van der Waals surface area contributed by atoms with E-state index in [4.69, 9.17) is 12.2 Å². The minimum Gasteiger partial charge on any atom is -0.293 e. The average Bonchev–Trinajstić information content (AvgIpc) is 2.35. The first-order valence-electron chi connectivity index (χ1n) is 3.27. The van der Waals surface area contributed by atoms with Crippen molar-refractivity contribution >= 4 is 40.0 Å². The smallest absolute Gasteiger partial charge is 0.238 e. The van der Waals surface area contributed by atoms with E-state index in [2.05, 4.69) is 6.58 Å². The molecule has 0 saturated carbocycles. The van der Waals surface area contributed by atoms with Crippen LogP contribution < -0.4 is 0 Å². The largest absolute Gasteiger partial charge is 0.293 e. The first-order chi connectivity index (χ1) is 5.65. The summed E-state index contributed by atoms with van der Waals surface area (Å²) in [7, 11) is 0. The van der Waals surface area contributed by atoms with Gasteiger partial charge in [0.15, 0.2) is 5.78 Å². The van der Waals surface area contributed by atoms with E-state index in [0.717, 1.165) is 0 Å². The minimum absolute atomic E-state index is 0.0359. The molecule has 1 amide bonds. The van der Waals surface area contributed by atoms with Crippen LogP contribution in [-0.2, 0) is 9.59 Å². The van der Waals surface area contributed by atoms with Crippen LogP contribution in [-0.4, -0.2) is 33.2 Å². The fraction of sp³-hybridized carbons (Fsp3) is 0.286. The van der Waals surface area contributed by atoms with Crippen molar-refractivity contribution in [3.05, 3.63) is 12.7 Å². The van der Waals surface area contributed by atoms with Crippen LogP contribution in [0.4, 0.5) is 0 Å². The Kier molecular flexibility index (Phi) is 2.99. The molecule has 0 aromatic carbocycles. The van der Waals surface area contributed by atoms with Gasteiger partial charge in [-0.05, 0) is 6.08 Å². The number of carbonyl (C=O) groups excluding carboxylic acids is 2. The SMILES string of the molecule is C=CC(=O)CN1C(=O)CSC1=S. The highest BCUT2D eigenvalue weighted by atomic mass is 32.2. The summed E-state index contributed by atoms with van der Waals surface area (Å²) in [5, 5.41) is 0. The lowest BCUT2D eigenvalue weighted by Crippen LogP contribution is -2.33. The van der Waals surface area contributed by atoms with Gasteiger partial charge < -0.3 is 0 Å². The van der Waals surface area contributed by atoms with Crippen molar-refractivity contribution in [3.8, 4) is 0 Å². The van der Waals surface area contributed by atoms with Gasteiger partial charge in [0.2, 0.25) is 5.91 Å². The van der Waals surface area contributed by atoms with E-state index in [-0.39, 0.29) is 18.2 Å². The summed E-state index contributed by atoms with van der Waals surface area (Å²) in [4.78, 5) is 23.3. The molecule has 0 bridgehead atoms. The summed E-state index contributed by atoms with van der Waals surface area (Å²) in [5.41, 5.74) is 0. The van der Waals surface area contributed by atoms with Crippen molar-refractivity contribution in [2.24, 2.45) is 0 Å². The number of amides is 1. The Hall–Kier alpha value is -0.680. The van der Waals surface area contributed by atoms with E-state index >= 15 is 0 Å². The predicted molar refractivity (Wildman–Crippen MR) is 52.0 cm³/mol. The van der Waals surface area contributed by atoms with Crippen LogP contribution in [0, 0.1) is 0 Å². The molecule has 12 heavy (non-hydrogen) atoms. The van der Waals surface area contributed by atoms with Gasteiger partial charge in [-0.1, -0.05) is 30.6 Å². The molecule has 0 atom stereocenters. The molecule has 5 heteroatoms. The van der Waals surface area contributed by atoms with Crippen molar-refractivity contribution in [1.29, 1.82) is 0 Å². The molecule has 0 spiro atoms. The third kappa shape index (κ3) is 1.92. The highest BCUT2D eigenvalue weighted by molar-refractivity contribution is 8.23. The summed E-state index contributed by atoms with van der Waals surface area (Å²) < 4.78 is 0.482. The fourth-order valence-corrected chi connectivity index (χ4v) is 1.82. The number of carbonyl (C=O) groups is 2. The molecule has 1 saturated heterocycles. The van der Waals surface area contributed by atoms with Gasteiger partial charge in [-0.15, -0.1) is 0 Å². The lowest BCUT2D eigenvalue weighted by molar-refractivity contribution is -0.127. The van der Waals surface area contributed by atoms with Crippen LogP contribution in [0.2, 0.25) is 0 Å². The number of thiocarbonyl (C=S) groups is 1. The molecule has 0 aromatic rings. The molecule has 0 aliphatic carbocycles. The Morgan fingerprint density at radius 2 is 2.50 bits per heavy atom. The Morgan fingerprint density at radius 1 is 1.83 bits per heavy atom. The summed E-state index contributed by atoms with van der Waals surface area (Å²) in [6.45, 7) is 3.35. The second kappa shape index (κ2) is 3.82. The zero-order valence-electron chi connectivity index (χ0n) is 6.28. The van der Waals surface area contributed by atoms with E-state index in [1.165, 1.54) is 22.7 Å². The molecule has 64 valence electrons. The Bertz CT molecular complexity index is 246.